The van der Waals surface area contributed by atoms with E-state index in [2.05, 4.69) is 10.1 Å². The predicted molar refractivity (Wildman–Crippen MR) is 84.8 cm³/mol. The Bertz CT molecular complexity index is 674. The topological polar surface area (TPSA) is 67.8 Å². The van der Waals surface area contributed by atoms with E-state index in [1.807, 2.05) is 30.3 Å². The molecule has 0 unspecified atom stereocenters. The first-order valence-electron chi connectivity index (χ1n) is 6.54. The van der Waals surface area contributed by atoms with Crippen molar-refractivity contribution in [3.63, 3.8) is 0 Å². The summed E-state index contributed by atoms with van der Waals surface area (Å²) in [4.78, 5) is 11.7. The van der Waals surface area contributed by atoms with E-state index in [1.54, 1.807) is 0 Å². The molecule has 0 atom stereocenters. The van der Waals surface area contributed by atoms with E-state index in [1.165, 1.54) is 20.3 Å². The average Bonchev–Trinajstić information content (AvgIpc) is 2.55. The largest absolute Gasteiger partial charge is 0.504 e. The minimum atomic E-state index is -0.659. The summed E-state index contributed by atoms with van der Waals surface area (Å²) in [6, 6.07) is 11.0. The van der Waals surface area contributed by atoms with Crippen LogP contribution >= 0.6 is 11.6 Å². The summed E-state index contributed by atoms with van der Waals surface area (Å²) >= 11 is 6.22. The number of esters is 1. The van der Waals surface area contributed by atoms with Crippen LogP contribution in [0.2, 0.25) is 5.02 Å². The highest BCUT2D eigenvalue weighted by atomic mass is 35.5. The lowest BCUT2D eigenvalue weighted by atomic mass is 10.1. The lowest BCUT2D eigenvalue weighted by Crippen LogP contribution is -2.07. The van der Waals surface area contributed by atoms with Gasteiger partial charge in [0.05, 0.1) is 19.2 Å². The quantitative estimate of drug-likeness (QED) is 0.826. The van der Waals surface area contributed by atoms with Gasteiger partial charge in [0.1, 0.15) is 5.56 Å². The van der Waals surface area contributed by atoms with Crippen molar-refractivity contribution >= 4 is 23.3 Å². The maximum Gasteiger partial charge on any atom is 0.341 e. The fourth-order valence-electron chi connectivity index (χ4n) is 2.01. The van der Waals surface area contributed by atoms with E-state index in [-0.39, 0.29) is 22.1 Å². The molecule has 0 spiro atoms. The van der Waals surface area contributed by atoms with Crippen molar-refractivity contribution in [2.45, 2.75) is 6.54 Å². The number of ether oxygens (including phenoxy) is 2. The number of carbonyl (C=O) groups excluding carboxylic acids is 1. The number of phenolic OH excluding ortho intramolecular Hbond substituents is 1. The van der Waals surface area contributed by atoms with Crippen LogP contribution in [0.1, 0.15) is 15.9 Å². The van der Waals surface area contributed by atoms with Gasteiger partial charge in [-0.3, -0.25) is 0 Å². The van der Waals surface area contributed by atoms with E-state index < -0.39 is 5.97 Å². The van der Waals surface area contributed by atoms with Gasteiger partial charge >= 0.3 is 5.97 Å². The number of nitrogens with one attached hydrogen (secondary N) is 1. The van der Waals surface area contributed by atoms with Crippen molar-refractivity contribution in [2.24, 2.45) is 0 Å². The van der Waals surface area contributed by atoms with Gasteiger partial charge in [0.15, 0.2) is 11.5 Å². The van der Waals surface area contributed by atoms with E-state index in [9.17, 15) is 9.90 Å². The molecule has 0 amide bonds. The van der Waals surface area contributed by atoms with Gasteiger partial charge in [0.25, 0.3) is 0 Å². The van der Waals surface area contributed by atoms with Crippen LogP contribution in [0.5, 0.6) is 11.5 Å². The molecule has 0 bridgehead atoms. The standard InChI is InChI=1S/C16H16ClNO4/c1-21-15-13(17)10(8-12(14(15)19)16(20)22-2)9-18-11-6-4-3-5-7-11/h3-8,18-19H,9H2,1-2H3. The number of para-hydroxylation sites is 1. The normalized spacial score (nSPS) is 10.1. The van der Waals surface area contributed by atoms with Crippen LogP contribution in [0.4, 0.5) is 5.69 Å². The summed E-state index contributed by atoms with van der Waals surface area (Å²) in [5.74, 6) is -0.939. The van der Waals surface area contributed by atoms with Crippen molar-refractivity contribution in [3.05, 3.63) is 52.5 Å². The van der Waals surface area contributed by atoms with E-state index in [0.717, 1.165) is 5.69 Å². The van der Waals surface area contributed by atoms with Crippen LogP contribution in [0, 0.1) is 0 Å². The molecule has 5 nitrogen and oxygen atoms in total. The van der Waals surface area contributed by atoms with Crippen molar-refractivity contribution < 1.29 is 19.4 Å². The highest BCUT2D eigenvalue weighted by molar-refractivity contribution is 6.33. The van der Waals surface area contributed by atoms with E-state index >= 15 is 0 Å². The molecule has 0 heterocycles. The number of anilines is 1. The summed E-state index contributed by atoms with van der Waals surface area (Å²) < 4.78 is 9.74. The summed E-state index contributed by atoms with van der Waals surface area (Å²) in [5.41, 5.74) is 1.53. The number of phenols is 1. The Kier molecular flexibility index (Phi) is 5.12. The van der Waals surface area contributed by atoms with Crippen LogP contribution in [-0.4, -0.2) is 25.3 Å². The number of rotatable bonds is 5. The molecule has 0 aliphatic heterocycles. The molecule has 2 aromatic carbocycles. The minimum absolute atomic E-state index is 0.00797. The Morgan fingerprint density at radius 3 is 2.55 bits per heavy atom. The monoisotopic (exact) mass is 321 g/mol. The third-order valence-electron chi connectivity index (χ3n) is 3.14. The van der Waals surface area contributed by atoms with Crippen molar-refractivity contribution in [3.8, 4) is 11.5 Å². The second-order valence-electron chi connectivity index (χ2n) is 4.49. The zero-order valence-electron chi connectivity index (χ0n) is 12.2. The first-order valence-corrected chi connectivity index (χ1v) is 6.91. The Morgan fingerprint density at radius 1 is 1.27 bits per heavy atom. The third kappa shape index (κ3) is 3.26. The number of hydrogen-bond donors (Lipinski definition) is 2. The van der Waals surface area contributed by atoms with Crippen LogP contribution in [-0.2, 0) is 11.3 Å². The Hall–Kier alpha value is -2.40. The van der Waals surface area contributed by atoms with Crippen LogP contribution < -0.4 is 10.1 Å². The van der Waals surface area contributed by atoms with Crippen molar-refractivity contribution in [1.82, 2.24) is 0 Å². The fraction of sp³-hybridized carbons (Fsp3) is 0.188. The lowest BCUT2D eigenvalue weighted by Gasteiger charge is -2.15. The highest BCUT2D eigenvalue weighted by Crippen LogP contribution is 2.40. The number of carbonyl (C=O) groups is 1. The maximum absolute atomic E-state index is 11.7. The van der Waals surface area contributed by atoms with Crippen LogP contribution in [0.15, 0.2) is 36.4 Å². The van der Waals surface area contributed by atoms with Gasteiger partial charge in [-0.2, -0.15) is 0 Å². The van der Waals surface area contributed by atoms with Crippen molar-refractivity contribution in [1.29, 1.82) is 0 Å². The second kappa shape index (κ2) is 7.04. The molecule has 0 fully saturated rings. The summed E-state index contributed by atoms with van der Waals surface area (Å²) in [6.45, 7) is 0.365. The number of benzene rings is 2. The van der Waals surface area contributed by atoms with E-state index in [4.69, 9.17) is 16.3 Å². The molecular formula is C16H16ClNO4. The molecule has 0 aliphatic rings. The van der Waals surface area contributed by atoms with Crippen LogP contribution in [0.25, 0.3) is 0 Å². The Morgan fingerprint density at radius 2 is 1.95 bits per heavy atom. The second-order valence-corrected chi connectivity index (χ2v) is 4.87. The third-order valence-corrected chi connectivity index (χ3v) is 3.55. The molecule has 2 aromatic rings. The molecule has 2 N–H and O–H groups in total. The van der Waals surface area contributed by atoms with Gasteiger partial charge in [0, 0.05) is 12.2 Å². The Labute approximate surface area is 133 Å². The number of methoxy groups -OCH3 is 2. The predicted octanol–water partition coefficient (Wildman–Crippen LogP) is 3.45. The first kappa shape index (κ1) is 16.0. The van der Waals surface area contributed by atoms with E-state index in [0.29, 0.717) is 12.1 Å². The molecule has 116 valence electrons. The summed E-state index contributed by atoms with van der Waals surface area (Å²) in [5, 5.41) is 13.5. The molecule has 0 saturated heterocycles. The SMILES string of the molecule is COC(=O)c1cc(CNc2ccccc2)c(Cl)c(OC)c1O. The zero-order chi connectivity index (χ0) is 16.1. The molecule has 22 heavy (non-hydrogen) atoms. The summed E-state index contributed by atoms with van der Waals surface area (Å²) in [7, 11) is 2.61. The van der Waals surface area contributed by atoms with Gasteiger partial charge in [0.2, 0.25) is 0 Å². The average molecular weight is 322 g/mol. The van der Waals surface area contributed by atoms with Gasteiger partial charge in [-0.15, -0.1) is 0 Å². The molecular weight excluding hydrogens is 306 g/mol. The highest BCUT2D eigenvalue weighted by Gasteiger charge is 2.21. The first-order chi connectivity index (χ1) is 10.6. The van der Waals surface area contributed by atoms with Gasteiger partial charge < -0.3 is 19.9 Å². The van der Waals surface area contributed by atoms with Gasteiger partial charge in [-0.25, -0.2) is 4.79 Å². The molecule has 6 heteroatoms. The lowest BCUT2D eigenvalue weighted by molar-refractivity contribution is 0.0596. The number of aromatic hydroxyl groups is 1. The zero-order valence-corrected chi connectivity index (χ0v) is 13.0. The smallest absolute Gasteiger partial charge is 0.341 e. The number of hydrogen-bond acceptors (Lipinski definition) is 5. The molecule has 2 rings (SSSR count). The molecule has 0 aromatic heterocycles. The Balaban J connectivity index is 2.36. The molecule has 0 saturated carbocycles. The molecule has 0 aliphatic carbocycles. The van der Waals surface area contributed by atoms with Crippen molar-refractivity contribution in [2.75, 3.05) is 19.5 Å². The fourth-order valence-corrected chi connectivity index (χ4v) is 2.30. The van der Waals surface area contributed by atoms with Gasteiger partial charge in [-0.1, -0.05) is 29.8 Å². The maximum atomic E-state index is 11.7. The van der Waals surface area contributed by atoms with Gasteiger partial charge in [-0.05, 0) is 23.8 Å². The van der Waals surface area contributed by atoms with Crippen LogP contribution in [0.3, 0.4) is 0 Å². The number of halogens is 1. The molecule has 0 radical (unpaired) electrons. The summed E-state index contributed by atoms with van der Waals surface area (Å²) in [6.07, 6.45) is 0. The minimum Gasteiger partial charge on any atom is -0.504 e.